The number of hydrazine groups is 1. The summed E-state index contributed by atoms with van der Waals surface area (Å²) in [4.78, 5) is 73.5. The molecule has 2 aliphatic heterocycles. The maximum absolute atomic E-state index is 13.5. The average molecular weight is 625 g/mol. The van der Waals surface area contributed by atoms with Crippen LogP contribution < -0.4 is 10.6 Å². The van der Waals surface area contributed by atoms with Gasteiger partial charge in [0.1, 0.15) is 38.7 Å². The first-order valence-electron chi connectivity index (χ1n) is 13.0. The fourth-order valence-corrected chi connectivity index (χ4v) is 4.82. The predicted molar refractivity (Wildman–Crippen MR) is 156 cm³/mol. The Morgan fingerprint density at radius 2 is 1.82 bits per heavy atom. The Labute approximate surface area is 255 Å². The lowest BCUT2D eigenvalue weighted by molar-refractivity contribution is -0.147. The lowest BCUT2D eigenvalue weighted by atomic mass is 10.1. The van der Waals surface area contributed by atoms with Gasteiger partial charge in [0.2, 0.25) is 0 Å². The van der Waals surface area contributed by atoms with E-state index in [0.29, 0.717) is 0 Å². The number of esters is 2. The van der Waals surface area contributed by atoms with Crippen molar-refractivity contribution in [3.8, 4) is 0 Å². The van der Waals surface area contributed by atoms with Gasteiger partial charge in [0.15, 0.2) is 16.5 Å². The van der Waals surface area contributed by atoms with E-state index in [4.69, 9.17) is 19.0 Å². The number of anilines is 1. The van der Waals surface area contributed by atoms with Gasteiger partial charge in [0.05, 0.1) is 12.1 Å². The fraction of sp³-hybridized carbons (Fsp3) is 0.250. The van der Waals surface area contributed by atoms with E-state index < -0.39 is 35.9 Å². The van der Waals surface area contributed by atoms with Crippen LogP contribution in [0.15, 0.2) is 77.4 Å². The molecule has 3 amide bonds. The van der Waals surface area contributed by atoms with Crippen LogP contribution in [-0.4, -0.2) is 90.0 Å². The number of hydrogen-bond acceptors (Lipinski definition) is 13. The van der Waals surface area contributed by atoms with Crippen LogP contribution in [0.3, 0.4) is 0 Å². The lowest BCUT2D eigenvalue weighted by Crippen LogP contribution is -2.46. The molecule has 0 spiro atoms. The number of oxime groups is 1. The summed E-state index contributed by atoms with van der Waals surface area (Å²) < 4.78 is 15.4. The van der Waals surface area contributed by atoms with Gasteiger partial charge in [-0.1, -0.05) is 60.8 Å². The van der Waals surface area contributed by atoms with Crippen LogP contribution in [-0.2, 0) is 44.8 Å². The zero-order chi connectivity index (χ0) is 31.6. The summed E-state index contributed by atoms with van der Waals surface area (Å²) in [6.07, 6.45) is 1.96. The number of nitrogens with zero attached hydrogens (tertiary/aromatic N) is 4. The molecule has 0 aliphatic carbocycles. The summed E-state index contributed by atoms with van der Waals surface area (Å²) in [5.41, 5.74) is 0.132. The minimum absolute atomic E-state index is 0.00838. The molecule has 1 aromatic heterocycles. The van der Waals surface area contributed by atoms with Gasteiger partial charge in [0, 0.05) is 11.9 Å². The van der Waals surface area contributed by atoms with E-state index in [9.17, 15) is 24.0 Å². The number of thiazole rings is 1. The number of hydrogen-bond donors (Lipinski definition) is 2. The number of fused-ring (bicyclic) bond motifs is 1. The first-order chi connectivity index (χ1) is 21.3. The molecule has 0 unspecified atom stereocenters. The van der Waals surface area contributed by atoms with E-state index in [1.165, 1.54) is 29.7 Å². The Balaban J connectivity index is 1.49. The van der Waals surface area contributed by atoms with Gasteiger partial charge >= 0.3 is 18.0 Å². The van der Waals surface area contributed by atoms with E-state index >= 15 is 0 Å². The van der Waals surface area contributed by atoms with Crippen molar-refractivity contribution in [2.75, 3.05) is 38.7 Å². The van der Waals surface area contributed by atoms with Crippen LogP contribution >= 0.6 is 11.3 Å². The number of aromatic nitrogens is 1. The number of rotatable bonds is 13. The van der Waals surface area contributed by atoms with Gasteiger partial charge in [-0.25, -0.2) is 29.4 Å². The second-order valence-corrected chi connectivity index (χ2v) is 9.83. The third-order valence-corrected chi connectivity index (χ3v) is 6.75. The first kappa shape index (κ1) is 31.6. The zero-order valence-corrected chi connectivity index (χ0v) is 24.3. The Morgan fingerprint density at radius 3 is 2.52 bits per heavy atom. The van der Waals surface area contributed by atoms with E-state index in [-0.39, 0.29) is 60.7 Å². The number of nitrogens with one attached hydrogen (secondary N) is 2. The van der Waals surface area contributed by atoms with Gasteiger partial charge in [-0.15, -0.1) is 11.3 Å². The van der Waals surface area contributed by atoms with Gasteiger partial charge in [0.25, 0.3) is 11.8 Å². The van der Waals surface area contributed by atoms with Crippen molar-refractivity contribution in [3.63, 3.8) is 0 Å². The highest BCUT2D eigenvalue weighted by atomic mass is 32.1. The van der Waals surface area contributed by atoms with Crippen LogP contribution in [0, 0.1) is 0 Å². The van der Waals surface area contributed by atoms with Crippen LogP contribution in [0.2, 0.25) is 0 Å². The first-order valence-corrected chi connectivity index (χ1v) is 13.9. The summed E-state index contributed by atoms with van der Waals surface area (Å²) in [5.74, 6) is -3.24. The van der Waals surface area contributed by atoms with Crippen molar-refractivity contribution in [3.05, 3.63) is 83.5 Å². The molecule has 2 aromatic rings. The molecule has 15 nitrogen and oxygen atoms in total. The summed E-state index contributed by atoms with van der Waals surface area (Å²) in [6.45, 7) is 6.51. The molecule has 16 heteroatoms. The molecule has 1 aromatic carbocycles. The molecule has 3 heterocycles. The summed E-state index contributed by atoms with van der Waals surface area (Å²) in [7, 11) is 1.22. The van der Waals surface area contributed by atoms with Crippen LogP contribution in [0.25, 0.3) is 0 Å². The Morgan fingerprint density at radius 1 is 1.09 bits per heavy atom. The van der Waals surface area contributed by atoms with E-state index in [1.807, 2.05) is 6.07 Å². The SMILES string of the molecule is C=CCOC(=O)Nc1nc(/C(=N/OC)C(=O)N[C@@H]2CN3CC(C(=O)OCc4ccccc4)=C(C(=O)OCC=C)N3C2=O)cs1. The molecule has 2 aliphatic rings. The maximum atomic E-state index is 13.5. The molecule has 1 saturated heterocycles. The number of benzene rings is 1. The molecule has 2 N–H and O–H groups in total. The minimum atomic E-state index is -1.14. The predicted octanol–water partition coefficient (Wildman–Crippen LogP) is 1.51. The van der Waals surface area contributed by atoms with Crippen molar-refractivity contribution in [2.45, 2.75) is 12.6 Å². The third kappa shape index (κ3) is 7.34. The van der Waals surface area contributed by atoms with E-state index in [1.54, 1.807) is 24.3 Å². The molecule has 44 heavy (non-hydrogen) atoms. The highest BCUT2D eigenvalue weighted by molar-refractivity contribution is 7.14. The van der Waals surface area contributed by atoms with Crippen LogP contribution in [0.4, 0.5) is 9.93 Å². The maximum Gasteiger partial charge on any atom is 0.413 e. The number of carbonyl (C=O) groups excluding carboxylic acids is 5. The molecular formula is C28H28N6O9S. The van der Waals surface area contributed by atoms with Crippen molar-refractivity contribution >= 4 is 52.0 Å². The standard InChI is InChI=1S/C28H28N6O9S/c1-4-11-41-26(38)22-18(25(37)43-15-17-9-7-6-8-10-17)13-33-14-19(24(36)34(22)33)29-23(35)21(32-40-3)20-16-44-27(30-20)31-28(39)42-12-5-2/h4-10,16,19H,1-2,11-15H2,3H3,(H,29,35)(H,30,31,39)/b32-21-/t19-/m1/s1. The molecule has 0 radical (unpaired) electrons. The van der Waals surface area contributed by atoms with Crippen LogP contribution in [0.5, 0.6) is 0 Å². The Hall–Kier alpha value is -5.35. The minimum Gasteiger partial charge on any atom is -0.457 e. The van der Waals surface area contributed by atoms with Gasteiger partial charge in [-0.05, 0) is 5.56 Å². The number of ether oxygens (including phenoxy) is 3. The van der Waals surface area contributed by atoms with Gasteiger partial charge < -0.3 is 24.4 Å². The van der Waals surface area contributed by atoms with Gasteiger partial charge in [-0.2, -0.15) is 0 Å². The topological polar surface area (TPSA) is 178 Å². The monoisotopic (exact) mass is 624 g/mol. The smallest absolute Gasteiger partial charge is 0.413 e. The van der Waals surface area contributed by atoms with Crippen molar-refractivity contribution < 1.29 is 43.0 Å². The molecule has 4 rings (SSSR count). The van der Waals surface area contributed by atoms with Gasteiger partial charge in [-0.3, -0.25) is 14.9 Å². The third-order valence-electron chi connectivity index (χ3n) is 6.00. The van der Waals surface area contributed by atoms with Crippen molar-refractivity contribution in [2.24, 2.45) is 5.16 Å². The lowest BCUT2D eigenvalue weighted by Gasteiger charge is -2.20. The number of carbonyl (C=O) groups is 5. The highest BCUT2D eigenvalue weighted by Gasteiger charge is 2.50. The highest BCUT2D eigenvalue weighted by Crippen LogP contribution is 2.31. The molecule has 0 bridgehead atoms. The molecule has 1 fully saturated rings. The second kappa shape index (κ2) is 14.7. The molecule has 230 valence electrons. The normalized spacial score (nSPS) is 16.2. The summed E-state index contributed by atoms with van der Waals surface area (Å²) in [6, 6.07) is 7.81. The van der Waals surface area contributed by atoms with Crippen molar-refractivity contribution in [1.29, 1.82) is 0 Å². The van der Waals surface area contributed by atoms with Crippen LogP contribution in [0.1, 0.15) is 11.3 Å². The Kier molecular flexibility index (Phi) is 10.6. The van der Waals surface area contributed by atoms with E-state index in [0.717, 1.165) is 21.9 Å². The Bertz CT molecular complexity index is 1520. The van der Waals surface area contributed by atoms with Crippen molar-refractivity contribution in [1.82, 2.24) is 20.3 Å². The summed E-state index contributed by atoms with van der Waals surface area (Å²) in [5, 5.41) is 12.7. The molecule has 1 atom stereocenters. The molecule has 0 saturated carbocycles. The fourth-order valence-electron chi connectivity index (χ4n) is 4.14. The quantitative estimate of drug-likeness (QED) is 0.109. The molecular weight excluding hydrogens is 596 g/mol. The second-order valence-electron chi connectivity index (χ2n) is 8.97. The summed E-state index contributed by atoms with van der Waals surface area (Å²) >= 11 is 0.998. The number of amides is 3. The largest absolute Gasteiger partial charge is 0.457 e. The van der Waals surface area contributed by atoms with E-state index in [2.05, 4.69) is 33.9 Å². The average Bonchev–Trinajstić information content (AvgIpc) is 3.72. The zero-order valence-electron chi connectivity index (χ0n) is 23.5.